The fourth-order valence-electron chi connectivity index (χ4n) is 2.43. The second kappa shape index (κ2) is 6.60. The molecular formula is C17H14Cl2O4. The fourth-order valence-corrected chi connectivity index (χ4v) is 2.78. The normalized spacial score (nSPS) is 10.6. The van der Waals surface area contributed by atoms with E-state index in [1.165, 1.54) is 6.07 Å². The maximum Gasteiger partial charge on any atom is 0.340 e. The predicted molar refractivity (Wildman–Crippen MR) is 89.0 cm³/mol. The highest BCUT2D eigenvalue weighted by atomic mass is 35.5. The van der Waals surface area contributed by atoms with Crippen LogP contribution in [0.25, 0.3) is 0 Å². The molecule has 0 aromatic heterocycles. The number of carbonyl (C=O) groups excluding carboxylic acids is 1. The van der Waals surface area contributed by atoms with Crippen molar-refractivity contribution in [2.75, 3.05) is 0 Å². The Labute approximate surface area is 143 Å². The fraction of sp³-hybridized carbons (Fsp3) is 0.176. The summed E-state index contributed by atoms with van der Waals surface area (Å²) in [5.74, 6) is -2.59. The van der Waals surface area contributed by atoms with Gasteiger partial charge in [-0.25, -0.2) is 4.79 Å². The van der Waals surface area contributed by atoms with Crippen LogP contribution in [0.3, 0.4) is 0 Å². The summed E-state index contributed by atoms with van der Waals surface area (Å²) in [6.45, 7) is 3.75. The van der Waals surface area contributed by atoms with Gasteiger partial charge in [-0.1, -0.05) is 41.4 Å². The van der Waals surface area contributed by atoms with E-state index in [-0.39, 0.29) is 22.0 Å². The molecule has 0 spiro atoms. The van der Waals surface area contributed by atoms with Gasteiger partial charge in [-0.15, -0.1) is 0 Å². The molecule has 0 aliphatic carbocycles. The van der Waals surface area contributed by atoms with Gasteiger partial charge in [0.15, 0.2) is 11.5 Å². The van der Waals surface area contributed by atoms with Gasteiger partial charge in [0.25, 0.3) is 0 Å². The zero-order valence-electron chi connectivity index (χ0n) is 12.5. The number of hydrogen-bond acceptors (Lipinski definition) is 3. The number of halogens is 2. The topological polar surface area (TPSA) is 74.6 Å². The van der Waals surface area contributed by atoms with Gasteiger partial charge in [0, 0.05) is 12.0 Å². The van der Waals surface area contributed by atoms with Crippen molar-refractivity contribution in [1.29, 1.82) is 0 Å². The molecule has 0 atom stereocenters. The third kappa shape index (κ3) is 3.33. The molecule has 0 saturated carbocycles. The molecule has 0 heterocycles. The molecule has 0 radical (unpaired) electrons. The number of aromatic carboxylic acids is 1. The molecule has 2 aromatic carbocycles. The second-order valence-corrected chi connectivity index (χ2v) is 6.00. The molecule has 0 saturated heterocycles. The summed E-state index contributed by atoms with van der Waals surface area (Å²) in [6, 6.07) is 6.81. The van der Waals surface area contributed by atoms with Crippen LogP contribution in [0.2, 0.25) is 10.0 Å². The first kappa shape index (κ1) is 17.3. The third-order valence-electron chi connectivity index (χ3n) is 3.69. The van der Waals surface area contributed by atoms with E-state index in [9.17, 15) is 19.8 Å². The van der Waals surface area contributed by atoms with Crippen molar-refractivity contribution in [2.45, 2.75) is 20.3 Å². The van der Waals surface area contributed by atoms with Crippen molar-refractivity contribution >= 4 is 35.0 Å². The number of hydrogen-bond donors (Lipinski definition) is 2. The average molecular weight is 353 g/mol. The number of aromatic hydroxyl groups is 1. The number of Topliss-reactive ketones (excluding diaryl/α,β-unsaturated/α-hetero) is 1. The summed E-state index contributed by atoms with van der Waals surface area (Å²) < 4.78 is 0. The van der Waals surface area contributed by atoms with Crippen molar-refractivity contribution in [3.63, 3.8) is 0 Å². The number of carboxylic acids is 1. The minimum Gasteiger partial charge on any atom is -0.505 e. The van der Waals surface area contributed by atoms with Crippen molar-refractivity contribution in [3.05, 3.63) is 62.1 Å². The maximum atomic E-state index is 12.6. The number of ketones is 1. The molecule has 2 N–H and O–H groups in total. The van der Waals surface area contributed by atoms with Crippen LogP contribution in [0, 0.1) is 13.8 Å². The van der Waals surface area contributed by atoms with E-state index in [0.29, 0.717) is 0 Å². The van der Waals surface area contributed by atoms with Gasteiger partial charge in [-0.3, -0.25) is 4.79 Å². The Hall–Kier alpha value is -2.04. The van der Waals surface area contributed by atoms with Crippen molar-refractivity contribution in [3.8, 4) is 5.75 Å². The molecule has 2 rings (SSSR count). The highest BCUT2D eigenvalue weighted by Gasteiger charge is 2.25. The van der Waals surface area contributed by atoms with Crippen molar-refractivity contribution < 1.29 is 19.8 Å². The van der Waals surface area contributed by atoms with Gasteiger partial charge in [0.1, 0.15) is 10.6 Å². The largest absolute Gasteiger partial charge is 0.505 e. The number of rotatable bonds is 4. The van der Waals surface area contributed by atoms with Crippen molar-refractivity contribution in [1.82, 2.24) is 0 Å². The first-order valence-electron chi connectivity index (χ1n) is 6.76. The molecule has 120 valence electrons. The van der Waals surface area contributed by atoms with Gasteiger partial charge >= 0.3 is 5.97 Å². The van der Waals surface area contributed by atoms with Crippen LogP contribution in [0.1, 0.15) is 37.4 Å². The molecule has 4 nitrogen and oxygen atoms in total. The summed E-state index contributed by atoms with van der Waals surface area (Å²) in [6.07, 6.45) is 0.0101. The average Bonchev–Trinajstić information content (AvgIpc) is 2.47. The summed E-state index contributed by atoms with van der Waals surface area (Å²) in [7, 11) is 0. The molecule has 2 aromatic rings. The van der Waals surface area contributed by atoms with Crippen LogP contribution >= 0.6 is 23.2 Å². The summed E-state index contributed by atoms with van der Waals surface area (Å²) in [5.41, 5.74) is 1.99. The maximum absolute atomic E-state index is 12.6. The Morgan fingerprint density at radius 2 is 1.70 bits per heavy atom. The lowest BCUT2D eigenvalue weighted by atomic mass is 9.93. The van der Waals surface area contributed by atoms with Crippen LogP contribution < -0.4 is 0 Å². The minimum absolute atomic E-state index is 0.0101. The van der Waals surface area contributed by atoms with Crippen LogP contribution in [0.15, 0.2) is 24.3 Å². The van der Waals surface area contributed by atoms with Gasteiger partial charge in [-0.2, -0.15) is 0 Å². The number of carbonyl (C=O) groups is 2. The molecule has 23 heavy (non-hydrogen) atoms. The lowest BCUT2D eigenvalue weighted by Gasteiger charge is -2.12. The minimum atomic E-state index is -1.44. The van der Waals surface area contributed by atoms with Gasteiger partial charge in [0.2, 0.25) is 0 Å². The van der Waals surface area contributed by atoms with E-state index < -0.39 is 23.1 Å². The molecule has 0 bridgehead atoms. The highest BCUT2D eigenvalue weighted by Crippen LogP contribution is 2.37. The monoisotopic (exact) mass is 352 g/mol. The van der Waals surface area contributed by atoms with Crippen LogP contribution in [0.5, 0.6) is 5.75 Å². The zero-order chi connectivity index (χ0) is 17.3. The van der Waals surface area contributed by atoms with Gasteiger partial charge in [0.05, 0.1) is 5.02 Å². The molecule has 0 aliphatic heterocycles. The third-order valence-corrected chi connectivity index (χ3v) is 4.47. The van der Waals surface area contributed by atoms with Gasteiger partial charge in [-0.05, 0) is 36.6 Å². The first-order valence-corrected chi connectivity index (χ1v) is 7.52. The molecule has 0 aliphatic rings. The summed E-state index contributed by atoms with van der Waals surface area (Å²) in [5, 5.41) is 18.8. The molecule has 0 fully saturated rings. The van der Waals surface area contributed by atoms with Crippen LogP contribution in [-0.4, -0.2) is 22.0 Å². The van der Waals surface area contributed by atoms with Crippen molar-refractivity contribution in [2.24, 2.45) is 0 Å². The number of benzene rings is 2. The second-order valence-electron chi connectivity index (χ2n) is 5.22. The predicted octanol–water partition coefficient (Wildman–Crippen LogP) is 4.44. The van der Waals surface area contributed by atoms with E-state index in [1.807, 2.05) is 32.0 Å². The van der Waals surface area contributed by atoms with Crippen LogP contribution in [-0.2, 0) is 6.42 Å². The number of carboxylic acid groups (broad SMARTS) is 1. The Morgan fingerprint density at radius 1 is 1.13 bits per heavy atom. The lowest BCUT2D eigenvalue weighted by molar-refractivity contribution is 0.0688. The number of aryl methyl sites for hydroxylation is 2. The van der Waals surface area contributed by atoms with E-state index in [2.05, 4.69) is 0 Å². The molecule has 0 unspecified atom stereocenters. The standard InChI is InChI=1S/C17H14Cl2O4/c1-8-4-3-5-9(2)10(8)7-13(20)11-6-12(18)15(19)16(21)14(11)17(22)23/h3-6,21H,7H2,1-2H3,(H,22,23). The highest BCUT2D eigenvalue weighted by molar-refractivity contribution is 6.43. The summed E-state index contributed by atoms with van der Waals surface area (Å²) >= 11 is 11.6. The smallest absolute Gasteiger partial charge is 0.340 e. The first-order chi connectivity index (χ1) is 10.7. The quantitative estimate of drug-likeness (QED) is 0.797. The lowest BCUT2D eigenvalue weighted by Crippen LogP contribution is -2.13. The number of phenols is 1. The van der Waals surface area contributed by atoms with E-state index in [1.54, 1.807) is 0 Å². The summed E-state index contributed by atoms with van der Waals surface area (Å²) in [4.78, 5) is 24.0. The molecular weight excluding hydrogens is 339 g/mol. The van der Waals surface area contributed by atoms with Gasteiger partial charge < -0.3 is 10.2 Å². The Morgan fingerprint density at radius 3 is 2.22 bits per heavy atom. The molecule has 0 amide bonds. The Kier molecular flexibility index (Phi) is 4.97. The zero-order valence-corrected chi connectivity index (χ0v) is 14.0. The SMILES string of the molecule is Cc1cccc(C)c1CC(=O)c1cc(Cl)c(Cl)c(O)c1C(=O)O. The Bertz CT molecular complexity index is 792. The van der Waals surface area contributed by atoms with Crippen LogP contribution in [0.4, 0.5) is 0 Å². The molecule has 6 heteroatoms. The van der Waals surface area contributed by atoms with E-state index in [4.69, 9.17) is 23.2 Å². The van der Waals surface area contributed by atoms with E-state index >= 15 is 0 Å². The van der Waals surface area contributed by atoms with E-state index in [0.717, 1.165) is 16.7 Å². The Balaban J connectivity index is 2.54.